The molecule has 168 valence electrons. The van der Waals surface area contributed by atoms with Crippen LogP contribution in [0.15, 0.2) is 93.6 Å². The van der Waals surface area contributed by atoms with Crippen molar-refractivity contribution < 1.29 is 0 Å². The molecule has 0 unspecified atom stereocenters. The quantitative estimate of drug-likeness (QED) is 0.421. The smallest absolute Gasteiger partial charge is 0.289 e. The molecule has 7 heteroatoms. The zero-order chi connectivity index (χ0) is 23.4. The van der Waals surface area contributed by atoms with E-state index in [4.69, 9.17) is 11.6 Å². The summed E-state index contributed by atoms with van der Waals surface area (Å²) < 4.78 is 3.12. The highest BCUT2D eigenvalue weighted by Gasteiger charge is 2.14. The second-order valence-electron chi connectivity index (χ2n) is 8.19. The molecule has 0 bridgehead atoms. The van der Waals surface area contributed by atoms with Gasteiger partial charge in [0, 0.05) is 17.3 Å². The molecule has 0 saturated heterocycles. The third-order valence-electron chi connectivity index (χ3n) is 5.34. The summed E-state index contributed by atoms with van der Waals surface area (Å²) in [7, 11) is 0. The van der Waals surface area contributed by atoms with Crippen molar-refractivity contribution in [2.24, 2.45) is 11.0 Å². The number of aryl methyl sites for hydroxylation is 1. The maximum atomic E-state index is 13.8. The summed E-state index contributed by atoms with van der Waals surface area (Å²) in [4.78, 5) is 27.5. The minimum atomic E-state index is -0.523. The van der Waals surface area contributed by atoms with Crippen molar-refractivity contribution in [1.82, 2.24) is 9.13 Å². The summed E-state index contributed by atoms with van der Waals surface area (Å²) in [5.41, 5.74) is 4.35. The van der Waals surface area contributed by atoms with Crippen LogP contribution in [0.5, 0.6) is 0 Å². The summed E-state index contributed by atoms with van der Waals surface area (Å²) in [5.74, 6) is 0.376. The predicted molar refractivity (Wildman–Crippen MR) is 134 cm³/mol. The molecule has 0 amide bonds. The number of para-hydroxylation sites is 2. The van der Waals surface area contributed by atoms with Gasteiger partial charge in [-0.25, -0.2) is 0 Å². The molecule has 0 fully saturated rings. The van der Waals surface area contributed by atoms with Gasteiger partial charge in [-0.05, 0) is 54.8 Å². The second-order valence-corrected chi connectivity index (χ2v) is 8.62. The molecule has 0 aliphatic carbocycles. The van der Waals surface area contributed by atoms with Gasteiger partial charge in [-0.15, -0.1) is 0 Å². The number of anilines is 1. The number of fused-ring (bicyclic) bond motifs is 1. The number of halogens is 1. The van der Waals surface area contributed by atoms with Gasteiger partial charge in [-0.1, -0.05) is 61.8 Å². The number of hydrogen-bond acceptors (Lipinski definition) is 4. The zero-order valence-corrected chi connectivity index (χ0v) is 19.3. The van der Waals surface area contributed by atoms with Crippen molar-refractivity contribution >= 4 is 28.3 Å². The SMILES string of the molecule is CC(C)CCn1c(=O)c(=NNc2ccccc2)c(=O)n(-c2ccccc2)c2cc(Cl)ccc21. The van der Waals surface area contributed by atoms with Crippen LogP contribution in [0.4, 0.5) is 5.69 Å². The van der Waals surface area contributed by atoms with Crippen LogP contribution in [0, 0.1) is 5.92 Å². The summed E-state index contributed by atoms with van der Waals surface area (Å²) in [6.07, 6.45) is 0.771. The summed E-state index contributed by atoms with van der Waals surface area (Å²) in [6.45, 7) is 4.64. The van der Waals surface area contributed by atoms with Gasteiger partial charge in [0.2, 0.25) is 5.36 Å². The standard InChI is InChI=1S/C26H25ClN4O2/c1-18(2)15-16-30-22-14-13-19(27)17-23(22)31(21-11-7-4-8-12-21)26(33)24(25(30)32)29-28-20-9-5-3-6-10-20/h3-14,17-18,28H,15-16H2,1-2H3. The van der Waals surface area contributed by atoms with E-state index in [0.717, 1.165) is 6.42 Å². The molecular formula is C26H25ClN4O2. The molecule has 0 atom stereocenters. The van der Waals surface area contributed by atoms with Crippen molar-refractivity contribution in [2.45, 2.75) is 26.8 Å². The zero-order valence-electron chi connectivity index (χ0n) is 18.5. The highest BCUT2D eigenvalue weighted by atomic mass is 35.5. The summed E-state index contributed by atoms with van der Waals surface area (Å²) in [6, 6.07) is 23.6. The molecule has 1 aromatic heterocycles. The Bertz CT molecular complexity index is 1460. The number of nitrogens with zero attached hydrogens (tertiary/aromatic N) is 3. The lowest BCUT2D eigenvalue weighted by atomic mass is 10.1. The van der Waals surface area contributed by atoms with Crippen LogP contribution in [-0.4, -0.2) is 9.13 Å². The minimum absolute atomic E-state index is 0.196. The Morgan fingerprint density at radius 3 is 2.21 bits per heavy atom. The Morgan fingerprint density at radius 1 is 0.879 bits per heavy atom. The lowest BCUT2D eigenvalue weighted by Crippen LogP contribution is -2.45. The highest BCUT2D eigenvalue weighted by Crippen LogP contribution is 2.20. The van der Waals surface area contributed by atoms with Gasteiger partial charge in [0.15, 0.2) is 0 Å². The molecule has 0 spiro atoms. The molecule has 6 nitrogen and oxygen atoms in total. The van der Waals surface area contributed by atoms with E-state index in [1.54, 1.807) is 22.8 Å². The molecule has 1 heterocycles. The van der Waals surface area contributed by atoms with Crippen LogP contribution in [0.2, 0.25) is 5.02 Å². The topological polar surface area (TPSA) is 68.4 Å². The van der Waals surface area contributed by atoms with Gasteiger partial charge in [-0.3, -0.25) is 19.6 Å². The highest BCUT2D eigenvalue weighted by molar-refractivity contribution is 6.31. The fourth-order valence-corrected chi connectivity index (χ4v) is 3.79. The molecule has 33 heavy (non-hydrogen) atoms. The maximum Gasteiger partial charge on any atom is 0.289 e. The molecule has 0 radical (unpaired) electrons. The van der Waals surface area contributed by atoms with Crippen LogP contribution in [-0.2, 0) is 6.54 Å². The first-order chi connectivity index (χ1) is 16.0. The maximum absolute atomic E-state index is 13.8. The predicted octanol–water partition coefficient (Wildman–Crippen LogP) is 4.78. The van der Waals surface area contributed by atoms with Crippen LogP contribution in [0.25, 0.3) is 16.7 Å². The van der Waals surface area contributed by atoms with E-state index in [0.29, 0.717) is 39.9 Å². The Kier molecular flexibility index (Phi) is 6.75. The summed E-state index contributed by atoms with van der Waals surface area (Å²) >= 11 is 6.34. The largest absolute Gasteiger partial charge is 0.305 e. The molecule has 4 aromatic rings. The van der Waals surface area contributed by atoms with Gasteiger partial charge in [0.25, 0.3) is 11.1 Å². The molecule has 0 aliphatic rings. The van der Waals surface area contributed by atoms with Crippen molar-refractivity contribution in [2.75, 3.05) is 5.43 Å². The lowest BCUT2D eigenvalue weighted by Gasteiger charge is -2.11. The number of benzene rings is 3. The van der Waals surface area contributed by atoms with Gasteiger partial charge in [0.05, 0.1) is 16.7 Å². The first-order valence-corrected chi connectivity index (χ1v) is 11.2. The van der Waals surface area contributed by atoms with Crippen molar-refractivity contribution in [3.8, 4) is 5.69 Å². The second kappa shape index (κ2) is 9.88. The van der Waals surface area contributed by atoms with Crippen LogP contribution in [0.1, 0.15) is 20.3 Å². The van der Waals surface area contributed by atoms with Crippen LogP contribution in [0.3, 0.4) is 0 Å². The Labute approximate surface area is 196 Å². The third kappa shape index (κ3) is 4.91. The van der Waals surface area contributed by atoms with Gasteiger partial charge in [-0.2, -0.15) is 5.10 Å². The van der Waals surface area contributed by atoms with E-state index >= 15 is 0 Å². The van der Waals surface area contributed by atoms with E-state index in [1.807, 2.05) is 60.7 Å². The molecule has 3 aromatic carbocycles. The molecular weight excluding hydrogens is 436 g/mol. The first-order valence-electron chi connectivity index (χ1n) is 10.9. The van der Waals surface area contributed by atoms with E-state index in [2.05, 4.69) is 24.4 Å². The van der Waals surface area contributed by atoms with Gasteiger partial charge >= 0.3 is 0 Å². The van der Waals surface area contributed by atoms with Crippen LogP contribution < -0.4 is 21.9 Å². The Hall–Kier alpha value is -3.64. The average Bonchev–Trinajstić information content (AvgIpc) is 2.89. The number of hydrogen-bond donors (Lipinski definition) is 1. The molecule has 0 saturated carbocycles. The number of rotatable bonds is 6. The number of nitrogens with one attached hydrogen (secondary N) is 1. The third-order valence-corrected chi connectivity index (χ3v) is 5.57. The van der Waals surface area contributed by atoms with E-state index < -0.39 is 11.1 Å². The van der Waals surface area contributed by atoms with E-state index in [-0.39, 0.29) is 5.36 Å². The normalized spacial score (nSPS) is 11.8. The van der Waals surface area contributed by atoms with Crippen molar-refractivity contribution in [1.29, 1.82) is 0 Å². The minimum Gasteiger partial charge on any atom is -0.305 e. The fraction of sp³-hybridized carbons (Fsp3) is 0.192. The van der Waals surface area contributed by atoms with E-state index in [1.165, 1.54) is 4.57 Å². The monoisotopic (exact) mass is 460 g/mol. The Morgan fingerprint density at radius 2 is 1.55 bits per heavy atom. The van der Waals surface area contributed by atoms with Crippen molar-refractivity contribution in [3.05, 3.63) is 110 Å². The van der Waals surface area contributed by atoms with Crippen molar-refractivity contribution in [3.63, 3.8) is 0 Å². The van der Waals surface area contributed by atoms with Crippen LogP contribution >= 0.6 is 11.6 Å². The van der Waals surface area contributed by atoms with Gasteiger partial charge < -0.3 is 4.57 Å². The molecule has 0 aliphatic heterocycles. The molecule has 1 N–H and O–H groups in total. The fourth-order valence-electron chi connectivity index (χ4n) is 3.62. The summed E-state index contributed by atoms with van der Waals surface area (Å²) in [5, 5.41) is 4.56. The first kappa shape index (κ1) is 22.6. The van der Waals surface area contributed by atoms with E-state index in [9.17, 15) is 9.59 Å². The lowest BCUT2D eigenvalue weighted by molar-refractivity contribution is 0.516. The number of aromatic nitrogens is 2. The van der Waals surface area contributed by atoms with Gasteiger partial charge in [0.1, 0.15) is 0 Å². The molecule has 4 rings (SSSR count). The average molecular weight is 461 g/mol. The Balaban J connectivity index is 2.13.